The predicted octanol–water partition coefficient (Wildman–Crippen LogP) is 1.93. The van der Waals surface area contributed by atoms with E-state index in [-0.39, 0.29) is 11.1 Å². The van der Waals surface area contributed by atoms with Crippen molar-refractivity contribution in [1.29, 1.82) is 0 Å². The fraction of sp³-hybridized carbons (Fsp3) is 0.250. The molecule has 1 aromatic carbocycles. The normalized spacial score (nSPS) is 19.1. The third-order valence-corrected chi connectivity index (χ3v) is 5.54. The molecular formula is C12H13N3O2S2. The summed E-state index contributed by atoms with van der Waals surface area (Å²) in [5.41, 5.74) is 1.04. The van der Waals surface area contributed by atoms with Crippen molar-refractivity contribution in [3.05, 3.63) is 42.4 Å². The molecule has 0 saturated carbocycles. The molecule has 0 fully saturated rings. The van der Waals surface area contributed by atoms with E-state index in [1.165, 1.54) is 12.5 Å². The van der Waals surface area contributed by atoms with E-state index >= 15 is 0 Å². The number of rotatable bonds is 3. The second-order valence-electron chi connectivity index (χ2n) is 4.26. The van der Waals surface area contributed by atoms with Gasteiger partial charge in [0.1, 0.15) is 0 Å². The van der Waals surface area contributed by atoms with Crippen LogP contribution in [0.5, 0.6) is 0 Å². The lowest BCUT2D eigenvalue weighted by Gasteiger charge is -2.25. The highest BCUT2D eigenvalue weighted by Gasteiger charge is 2.26. The van der Waals surface area contributed by atoms with Gasteiger partial charge in [-0.2, -0.15) is 0 Å². The summed E-state index contributed by atoms with van der Waals surface area (Å²) in [4.78, 5) is 7.52. The molecule has 1 aliphatic rings. The first-order chi connectivity index (χ1) is 9.17. The maximum absolute atomic E-state index is 12.2. The molecule has 1 unspecified atom stereocenters. The molecule has 3 rings (SSSR count). The Morgan fingerprint density at radius 2 is 2.21 bits per heavy atom. The van der Waals surface area contributed by atoms with Gasteiger partial charge in [-0.05, 0) is 23.8 Å². The Kier molecular flexibility index (Phi) is 3.34. The van der Waals surface area contributed by atoms with Gasteiger partial charge in [0, 0.05) is 10.9 Å². The summed E-state index contributed by atoms with van der Waals surface area (Å²) in [6.07, 6.45) is 3.46. The molecule has 2 heterocycles. The molecular weight excluding hydrogens is 282 g/mol. The van der Waals surface area contributed by atoms with E-state index in [1.807, 2.05) is 24.3 Å². The number of hydrogen-bond acceptors (Lipinski definition) is 4. The number of aromatic amines is 1. The van der Waals surface area contributed by atoms with Crippen LogP contribution in [-0.4, -0.2) is 24.1 Å². The topological polar surface area (TPSA) is 74.8 Å². The van der Waals surface area contributed by atoms with Crippen LogP contribution >= 0.6 is 11.8 Å². The Balaban J connectivity index is 1.90. The molecule has 0 amide bonds. The van der Waals surface area contributed by atoms with Crippen molar-refractivity contribution in [1.82, 2.24) is 14.7 Å². The van der Waals surface area contributed by atoms with Crippen LogP contribution in [0.15, 0.2) is 46.7 Å². The first-order valence-electron chi connectivity index (χ1n) is 5.89. The highest BCUT2D eigenvalue weighted by Crippen LogP contribution is 2.36. The van der Waals surface area contributed by atoms with Crippen LogP contribution in [0.3, 0.4) is 0 Å². The number of H-pyrrole nitrogens is 1. The summed E-state index contributed by atoms with van der Waals surface area (Å²) >= 11 is 1.76. The lowest BCUT2D eigenvalue weighted by molar-refractivity contribution is 0.543. The van der Waals surface area contributed by atoms with Crippen molar-refractivity contribution in [3.8, 4) is 0 Å². The Morgan fingerprint density at radius 3 is 3.00 bits per heavy atom. The van der Waals surface area contributed by atoms with Gasteiger partial charge in [0.05, 0.1) is 12.5 Å². The van der Waals surface area contributed by atoms with Gasteiger partial charge in [0.15, 0.2) is 5.03 Å². The number of benzene rings is 1. The minimum Gasteiger partial charge on any atom is -0.335 e. The van der Waals surface area contributed by atoms with Crippen LogP contribution in [-0.2, 0) is 10.0 Å². The van der Waals surface area contributed by atoms with Gasteiger partial charge in [-0.1, -0.05) is 18.2 Å². The third kappa shape index (κ3) is 2.54. The summed E-state index contributed by atoms with van der Waals surface area (Å²) in [5, 5.41) is 0.100. The van der Waals surface area contributed by atoms with Crippen molar-refractivity contribution >= 4 is 21.8 Å². The fourth-order valence-electron chi connectivity index (χ4n) is 2.11. The van der Waals surface area contributed by atoms with Crippen LogP contribution in [0.25, 0.3) is 0 Å². The number of hydrogen-bond donors (Lipinski definition) is 2. The van der Waals surface area contributed by atoms with Gasteiger partial charge in [0.2, 0.25) is 0 Å². The van der Waals surface area contributed by atoms with Crippen LogP contribution < -0.4 is 4.72 Å². The monoisotopic (exact) mass is 295 g/mol. The first-order valence-corrected chi connectivity index (χ1v) is 8.36. The van der Waals surface area contributed by atoms with Crippen molar-refractivity contribution < 1.29 is 8.42 Å². The molecule has 19 heavy (non-hydrogen) atoms. The molecule has 0 bridgehead atoms. The predicted molar refractivity (Wildman–Crippen MR) is 73.4 cm³/mol. The quantitative estimate of drug-likeness (QED) is 0.907. The zero-order valence-electron chi connectivity index (χ0n) is 10.0. The lowest BCUT2D eigenvalue weighted by Crippen LogP contribution is -2.30. The minimum atomic E-state index is -3.54. The van der Waals surface area contributed by atoms with E-state index in [4.69, 9.17) is 0 Å². The van der Waals surface area contributed by atoms with Crippen molar-refractivity contribution in [3.63, 3.8) is 0 Å². The maximum Gasteiger partial charge on any atom is 0.258 e. The highest BCUT2D eigenvalue weighted by molar-refractivity contribution is 7.99. The molecule has 0 saturated heterocycles. The Hall–Kier alpha value is -1.31. The van der Waals surface area contributed by atoms with Gasteiger partial charge in [-0.15, -0.1) is 11.8 Å². The van der Waals surface area contributed by atoms with Gasteiger partial charge < -0.3 is 4.98 Å². The molecule has 0 aliphatic carbocycles. The van der Waals surface area contributed by atoms with Gasteiger partial charge >= 0.3 is 0 Å². The fourth-order valence-corrected chi connectivity index (χ4v) is 4.38. The standard InChI is InChI=1S/C12H13N3O2S2/c16-19(17,12-7-13-8-14-12)15-10-5-6-18-11-4-2-1-3-9(10)11/h1-4,7-8,10,15H,5-6H2,(H,13,14). The van der Waals surface area contributed by atoms with Gasteiger partial charge in [0.25, 0.3) is 10.0 Å². The van der Waals surface area contributed by atoms with E-state index in [9.17, 15) is 8.42 Å². The van der Waals surface area contributed by atoms with Crippen molar-refractivity contribution in [2.45, 2.75) is 22.4 Å². The van der Waals surface area contributed by atoms with E-state index in [0.29, 0.717) is 0 Å². The highest BCUT2D eigenvalue weighted by atomic mass is 32.2. The average Bonchev–Trinajstić information content (AvgIpc) is 2.93. The molecule has 5 nitrogen and oxygen atoms in total. The molecule has 2 aromatic rings. The maximum atomic E-state index is 12.2. The largest absolute Gasteiger partial charge is 0.335 e. The number of thioether (sulfide) groups is 1. The number of nitrogens with zero attached hydrogens (tertiary/aromatic N) is 1. The molecule has 1 aliphatic heterocycles. The molecule has 7 heteroatoms. The first kappa shape index (κ1) is 12.7. The average molecular weight is 295 g/mol. The van der Waals surface area contributed by atoms with E-state index in [1.54, 1.807) is 11.8 Å². The van der Waals surface area contributed by atoms with Crippen LogP contribution in [0, 0.1) is 0 Å². The Morgan fingerprint density at radius 1 is 1.37 bits per heavy atom. The van der Waals surface area contributed by atoms with E-state index in [0.717, 1.165) is 22.6 Å². The zero-order chi connectivity index (χ0) is 13.3. The smallest absolute Gasteiger partial charge is 0.258 e. The SMILES string of the molecule is O=S(=O)(NC1CCSc2ccccc21)c1cnc[nH]1. The van der Waals surface area contributed by atoms with Gasteiger partial charge in [-0.3, -0.25) is 0 Å². The summed E-state index contributed by atoms with van der Waals surface area (Å²) < 4.78 is 27.1. The van der Waals surface area contributed by atoms with Gasteiger partial charge in [-0.25, -0.2) is 18.1 Å². The van der Waals surface area contributed by atoms with Crippen molar-refractivity contribution in [2.24, 2.45) is 0 Å². The number of sulfonamides is 1. The van der Waals surface area contributed by atoms with Crippen LogP contribution in [0.4, 0.5) is 0 Å². The number of imidazole rings is 1. The Bertz CT molecular complexity index is 668. The molecule has 0 radical (unpaired) electrons. The lowest BCUT2D eigenvalue weighted by atomic mass is 10.1. The van der Waals surface area contributed by atoms with E-state index in [2.05, 4.69) is 14.7 Å². The van der Waals surface area contributed by atoms with Crippen LogP contribution in [0.2, 0.25) is 0 Å². The number of nitrogens with one attached hydrogen (secondary N) is 2. The summed E-state index contributed by atoms with van der Waals surface area (Å²) in [6.45, 7) is 0. The Labute approximate surface area is 115 Å². The molecule has 100 valence electrons. The molecule has 1 atom stereocenters. The zero-order valence-corrected chi connectivity index (χ0v) is 11.7. The summed E-state index contributed by atoms with van der Waals surface area (Å²) in [7, 11) is -3.54. The van der Waals surface area contributed by atoms with Crippen molar-refractivity contribution in [2.75, 3.05) is 5.75 Å². The third-order valence-electron chi connectivity index (χ3n) is 3.02. The molecule has 0 spiro atoms. The second-order valence-corrected chi connectivity index (χ2v) is 7.08. The molecule has 2 N–H and O–H groups in total. The number of fused-ring (bicyclic) bond motifs is 1. The number of aromatic nitrogens is 2. The summed E-state index contributed by atoms with van der Waals surface area (Å²) in [5.74, 6) is 0.910. The second kappa shape index (κ2) is 4.99. The minimum absolute atomic E-state index is 0.100. The summed E-state index contributed by atoms with van der Waals surface area (Å²) in [6, 6.07) is 7.73. The molecule has 1 aromatic heterocycles. The van der Waals surface area contributed by atoms with E-state index < -0.39 is 10.0 Å². The van der Waals surface area contributed by atoms with Crippen LogP contribution in [0.1, 0.15) is 18.0 Å².